The summed E-state index contributed by atoms with van der Waals surface area (Å²) < 4.78 is 1.36. The first-order chi connectivity index (χ1) is 10.8. The molecule has 0 atom stereocenters. The van der Waals surface area contributed by atoms with Crippen LogP contribution >= 0.6 is 0 Å². The number of aromatic carboxylic acids is 1. The molecule has 0 unspecified atom stereocenters. The number of ketones is 1. The van der Waals surface area contributed by atoms with Crippen LogP contribution in [0.1, 0.15) is 32.0 Å². The number of carbonyl (C=O) groups excluding carboxylic acids is 1. The highest BCUT2D eigenvalue weighted by Crippen LogP contribution is 2.16. The Labute approximate surface area is 131 Å². The van der Waals surface area contributed by atoms with Gasteiger partial charge in [-0.25, -0.2) is 4.79 Å². The lowest BCUT2D eigenvalue weighted by Gasteiger charge is -2.06. The molecule has 0 aliphatic heterocycles. The van der Waals surface area contributed by atoms with Crippen LogP contribution < -0.4 is 5.56 Å². The van der Waals surface area contributed by atoms with Gasteiger partial charge in [0.1, 0.15) is 5.75 Å². The summed E-state index contributed by atoms with van der Waals surface area (Å²) in [5, 5.41) is 18.8. The minimum Gasteiger partial charge on any atom is -0.507 e. The molecule has 0 saturated heterocycles. The third-order valence-electron chi connectivity index (χ3n) is 3.48. The summed E-state index contributed by atoms with van der Waals surface area (Å²) >= 11 is 0. The summed E-state index contributed by atoms with van der Waals surface area (Å²) in [6, 6.07) is 7.00. The molecule has 0 fully saturated rings. The number of hydrogen-bond acceptors (Lipinski definition) is 4. The Balaban J connectivity index is 2.36. The quantitative estimate of drug-likeness (QED) is 0.664. The average molecular weight is 313 g/mol. The lowest BCUT2D eigenvalue weighted by molar-refractivity contribution is 0.0697. The van der Waals surface area contributed by atoms with Gasteiger partial charge in [0.15, 0.2) is 5.78 Å². The number of pyridine rings is 1. The van der Waals surface area contributed by atoms with Gasteiger partial charge in [0.05, 0.1) is 11.1 Å². The summed E-state index contributed by atoms with van der Waals surface area (Å²) in [6.07, 6.45) is 2.36. The second kappa shape index (κ2) is 6.31. The molecule has 118 valence electrons. The van der Waals surface area contributed by atoms with E-state index in [2.05, 4.69) is 0 Å². The zero-order valence-electron chi connectivity index (χ0n) is 12.6. The van der Waals surface area contributed by atoms with E-state index >= 15 is 0 Å². The molecule has 0 aliphatic rings. The zero-order chi connectivity index (χ0) is 17.1. The SMILES string of the molecule is Cc1cc(O)c(C=CC(=O)c2cccc(C(=O)O)c2)c(=O)n1C. The largest absolute Gasteiger partial charge is 0.507 e. The van der Waals surface area contributed by atoms with Crippen LogP contribution in [0.3, 0.4) is 0 Å². The molecule has 0 radical (unpaired) electrons. The first kappa shape index (κ1) is 16.2. The van der Waals surface area contributed by atoms with Crippen molar-refractivity contribution in [3.05, 3.63) is 69.1 Å². The highest BCUT2D eigenvalue weighted by molar-refractivity contribution is 6.08. The van der Waals surface area contributed by atoms with Gasteiger partial charge in [-0.05, 0) is 37.3 Å². The third-order valence-corrected chi connectivity index (χ3v) is 3.48. The van der Waals surface area contributed by atoms with E-state index < -0.39 is 17.3 Å². The van der Waals surface area contributed by atoms with Gasteiger partial charge in [-0.3, -0.25) is 9.59 Å². The normalized spacial score (nSPS) is 10.9. The highest BCUT2D eigenvalue weighted by Gasteiger charge is 2.10. The van der Waals surface area contributed by atoms with Crippen LogP contribution in [0.15, 0.2) is 41.2 Å². The van der Waals surface area contributed by atoms with E-state index in [0.29, 0.717) is 5.69 Å². The summed E-state index contributed by atoms with van der Waals surface area (Å²) in [5.41, 5.74) is 0.347. The van der Waals surface area contributed by atoms with E-state index in [1.165, 1.54) is 41.0 Å². The Morgan fingerprint density at radius 1 is 1.17 bits per heavy atom. The molecule has 0 saturated carbocycles. The van der Waals surface area contributed by atoms with Gasteiger partial charge in [-0.1, -0.05) is 12.1 Å². The number of allylic oxidation sites excluding steroid dienone is 1. The van der Waals surface area contributed by atoms with Crippen molar-refractivity contribution in [2.45, 2.75) is 6.92 Å². The van der Waals surface area contributed by atoms with Crippen molar-refractivity contribution in [2.24, 2.45) is 7.05 Å². The molecular weight excluding hydrogens is 298 g/mol. The highest BCUT2D eigenvalue weighted by atomic mass is 16.4. The second-order valence-corrected chi connectivity index (χ2v) is 5.03. The van der Waals surface area contributed by atoms with Crippen molar-refractivity contribution in [3.63, 3.8) is 0 Å². The number of rotatable bonds is 4. The molecule has 1 aromatic heterocycles. The Morgan fingerprint density at radius 3 is 2.48 bits per heavy atom. The summed E-state index contributed by atoms with van der Waals surface area (Å²) in [7, 11) is 1.56. The molecule has 2 N–H and O–H groups in total. The standard InChI is InChI=1S/C17H15NO5/c1-10-8-15(20)13(16(21)18(10)2)6-7-14(19)11-4-3-5-12(9-11)17(22)23/h3-9,20H,1-2H3,(H,22,23). The number of aromatic hydroxyl groups is 1. The fourth-order valence-corrected chi connectivity index (χ4v) is 2.04. The van der Waals surface area contributed by atoms with Crippen molar-refractivity contribution in [1.29, 1.82) is 0 Å². The van der Waals surface area contributed by atoms with Gasteiger partial charge in [-0.2, -0.15) is 0 Å². The Kier molecular flexibility index (Phi) is 4.45. The number of aryl methyl sites for hydroxylation is 1. The maximum absolute atomic E-state index is 12.1. The molecule has 6 nitrogen and oxygen atoms in total. The lowest BCUT2D eigenvalue weighted by atomic mass is 10.1. The maximum Gasteiger partial charge on any atom is 0.335 e. The molecule has 23 heavy (non-hydrogen) atoms. The summed E-state index contributed by atoms with van der Waals surface area (Å²) in [5.74, 6) is -1.81. The van der Waals surface area contributed by atoms with E-state index in [1.54, 1.807) is 14.0 Å². The van der Waals surface area contributed by atoms with Crippen LogP contribution in [-0.2, 0) is 7.05 Å². The number of aromatic nitrogens is 1. The van der Waals surface area contributed by atoms with Crippen LogP contribution in [-0.4, -0.2) is 26.5 Å². The third kappa shape index (κ3) is 3.37. The predicted octanol–water partition coefficient (Wildman–Crippen LogP) is 1.99. The van der Waals surface area contributed by atoms with Gasteiger partial charge >= 0.3 is 5.97 Å². The summed E-state index contributed by atoms with van der Waals surface area (Å²) in [4.78, 5) is 35.1. The van der Waals surface area contributed by atoms with Crippen molar-refractivity contribution < 1.29 is 19.8 Å². The number of carboxylic acids is 1. The van der Waals surface area contributed by atoms with Crippen LogP contribution in [0.25, 0.3) is 6.08 Å². The smallest absolute Gasteiger partial charge is 0.335 e. The van der Waals surface area contributed by atoms with E-state index in [-0.39, 0.29) is 22.4 Å². The Bertz CT molecular complexity index is 877. The number of carboxylic acid groups (broad SMARTS) is 1. The van der Waals surface area contributed by atoms with Crippen molar-refractivity contribution in [2.75, 3.05) is 0 Å². The minimum absolute atomic E-state index is 0.000777. The summed E-state index contributed by atoms with van der Waals surface area (Å²) in [6.45, 7) is 1.68. The van der Waals surface area contributed by atoms with E-state index in [0.717, 1.165) is 6.08 Å². The molecule has 2 aromatic rings. The van der Waals surface area contributed by atoms with Crippen LogP contribution in [0.4, 0.5) is 0 Å². The van der Waals surface area contributed by atoms with Crippen molar-refractivity contribution >= 4 is 17.8 Å². The fraction of sp³-hybridized carbons (Fsp3) is 0.118. The second-order valence-electron chi connectivity index (χ2n) is 5.03. The molecule has 0 bridgehead atoms. The van der Waals surface area contributed by atoms with E-state index in [1.807, 2.05) is 0 Å². The molecule has 1 heterocycles. The molecule has 0 aliphatic carbocycles. The van der Waals surface area contributed by atoms with Crippen molar-refractivity contribution in [1.82, 2.24) is 4.57 Å². The van der Waals surface area contributed by atoms with Gasteiger partial charge in [0, 0.05) is 18.3 Å². The topological polar surface area (TPSA) is 96.6 Å². The van der Waals surface area contributed by atoms with Crippen LogP contribution in [0, 0.1) is 6.92 Å². The van der Waals surface area contributed by atoms with E-state index in [9.17, 15) is 19.5 Å². The molecular formula is C17H15NO5. The average Bonchev–Trinajstić information content (AvgIpc) is 2.52. The molecule has 6 heteroatoms. The monoisotopic (exact) mass is 313 g/mol. The first-order valence-corrected chi connectivity index (χ1v) is 6.76. The van der Waals surface area contributed by atoms with Crippen molar-refractivity contribution in [3.8, 4) is 5.75 Å². The minimum atomic E-state index is -1.13. The Morgan fingerprint density at radius 2 is 1.83 bits per heavy atom. The number of benzene rings is 1. The molecule has 0 spiro atoms. The van der Waals surface area contributed by atoms with E-state index in [4.69, 9.17) is 5.11 Å². The zero-order valence-corrected chi connectivity index (χ0v) is 12.6. The first-order valence-electron chi connectivity index (χ1n) is 6.76. The molecule has 2 rings (SSSR count). The maximum atomic E-state index is 12.1. The van der Waals surface area contributed by atoms with Gasteiger partial charge in [0.25, 0.3) is 5.56 Å². The number of carbonyl (C=O) groups is 2. The number of nitrogens with zero attached hydrogens (tertiary/aromatic N) is 1. The Hall–Kier alpha value is -3.15. The van der Waals surface area contributed by atoms with Crippen LogP contribution in [0.2, 0.25) is 0 Å². The number of hydrogen-bond donors (Lipinski definition) is 2. The predicted molar refractivity (Wildman–Crippen MR) is 84.9 cm³/mol. The van der Waals surface area contributed by atoms with Gasteiger partial charge in [-0.15, -0.1) is 0 Å². The van der Waals surface area contributed by atoms with Gasteiger partial charge in [0.2, 0.25) is 0 Å². The lowest BCUT2D eigenvalue weighted by Crippen LogP contribution is -2.21. The fourth-order valence-electron chi connectivity index (χ4n) is 2.04. The molecule has 1 aromatic carbocycles. The van der Waals surface area contributed by atoms with Gasteiger partial charge < -0.3 is 14.8 Å². The van der Waals surface area contributed by atoms with Crippen LogP contribution in [0.5, 0.6) is 5.75 Å². The molecule has 0 amide bonds.